The van der Waals surface area contributed by atoms with Crippen molar-refractivity contribution in [2.45, 2.75) is 19.8 Å². The van der Waals surface area contributed by atoms with Gasteiger partial charge in [-0.25, -0.2) is 0 Å². The highest BCUT2D eigenvalue weighted by Crippen LogP contribution is 2.34. The second-order valence-electron chi connectivity index (χ2n) is 7.64. The molecule has 1 unspecified atom stereocenters. The van der Waals surface area contributed by atoms with E-state index in [0.29, 0.717) is 6.54 Å². The molecular formula is C28H31NO5. The third-order valence-corrected chi connectivity index (χ3v) is 5.54. The summed E-state index contributed by atoms with van der Waals surface area (Å²) in [7, 11) is 1.62. The van der Waals surface area contributed by atoms with Crippen molar-refractivity contribution in [3.8, 4) is 5.75 Å². The number of hydrogen-bond acceptors (Lipinski definition) is 6. The first-order chi connectivity index (χ1) is 16.6. The van der Waals surface area contributed by atoms with Crippen molar-refractivity contribution in [2.75, 3.05) is 31.8 Å². The van der Waals surface area contributed by atoms with Crippen LogP contribution in [-0.2, 0) is 19.1 Å². The minimum atomic E-state index is -1.10. The fourth-order valence-electron chi connectivity index (χ4n) is 3.92. The predicted octanol–water partition coefficient (Wildman–Crippen LogP) is 5.36. The van der Waals surface area contributed by atoms with E-state index in [1.807, 2.05) is 84.9 Å². The highest BCUT2D eigenvalue weighted by molar-refractivity contribution is 5.96. The lowest BCUT2D eigenvalue weighted by molar-refractivity contribution is -0.162. The molecule has 0 radical (unpaired) electrons. The molecule has 0 aliphatic rings. The Morgan fingerprint density at radius 1 is 0.735 bits per heavy atom. The fourth-order valence-corrected chi connectivity index (χ4v) is 3.92. The van der Waals surface area contributed by atoms with Crippen molar-refractivity contribution < 1.29 is 23.8 Å². The molecule has 1 atom stereocenters. The highest BCUT2D eigenvalue weighted by Gasteiger charge is 2.39. The molecule has 6 nitrogen and oxygen atoms in total. The summed E-state index contributed by atoms with van der Waals surface area (Å²) in [6.07, 6.45) is 0. The number of carbonyl (C=O) groups excluding carboxylic acids is 2. The number of ether oxygens (including phenoxy) is 3. The van der Waals surface area contributed by atoms with Crippen LogP contribution in [0, 0.1) is 5.92 Å². The molecule has 0 spiro atoms. The van der Waals surface area contributed by atoms with Gasteiger partial charge in [0.05, 0.1) is 20.3 Å². The molecule has 0 saturated heterocycles. The maximum atomic E-state index is 13.1. The largest absolute Gasteiger partial charge is 0.497 e. The standard InChI is InChI=1S/C28H31NO5/c1-4-33-27(30)26(28(31)34-5-2)25(21-12-8-6-9-13-21)20-29(22-14-10-7-11-15-22)23-16-18-24(32-3)19-17-23/h6-19,25-26H,4-5,20H2,1-3H3. The Hall–Kier alpha value is -3.80. The summed E-state index contributed by atoms with van der Waals surface area (Å²) in [5, 5.41) is 0. The minimum Gasteiger partial charge on any atom is -0.497 e. The lowest BCUT2D eigenvalue weighted by Crippen LogP contribution is -2.38. The number of para-hydroxylation sites is 1. The minimum absolute atomic E-state index is 0.178. The number of hydrogen-bond donors (Lipinski definition) is 0. The summed E-state index contributed by atoms with van der Waals surface area (Å²) in [4.78, 5) is 28.2. The van der Waals surface area contributed by atoms with E-state index >= 15 is 0 Å². The topological polar surface area (TPSA) is 65.1 Å². The van der Waals surface area contributed by atoms with Crippen molar-refractivity contribution in [1.82, 2.24) is 0 Å². The summed E-state index contributed by atoms with van der Waals surface area (Å²) in [5.74, 6) is -2.05. The van der Waals surface area contributed by atoms with E-state index in [4.69, 9.17) is 14.2 Å². The number of rotatable bonds is 11. The Morgan fingerprint density at radius 2 is 1.24 bits per heavy atom. The number of carbonyl (C=O) groups is 2. The predicted molar refractivity (Wildman–Crippen MR) is 132 cm³/mol. The van der Waals surface area contributed by atoms with Crippen molar-refractivity contribution in [3.63, 3.8) is 0 Å². The van der Waals surface area contributed by atoms with Gasteiger partial charge in [-0.3, -0.25) is 9.59 Å². The number of anilines is 2. The molecule has 3 aromatic carbocycles. The molecule has 0 heterocycles. The third kappa shape index (κ3) is 6.16. The molecule has 0 aliphatic heterocycles. The van der Waals surface area contributed by atoms with Gasteiger partial charge in [0, 0.05) is 23.8 Å². The van der Waals surface area contributed by atoms with Crippen molar-refractivity contribution in [3.05, 3.63) is 90.5 Å². The monoisotopic (exact) mass is 461 g/mol. The Kier molecular flexibility index (Phi) is 9.09. The molecular weight excluding hydrogens is 430 g/mol. The summed E-state index contributed by atoms with van der Waals surface area (Å²) in [6.45, 7) is 4.16. The summed E-state index contributed by atoms with van der Waals surface area (Å²) in [5.41, 5.74) is 2.68. The van der Waals surface area contributed by atoms with E-state index in [1.165, 1.54) is 0 Å². The van der Waals surface area contributed by atoms with Gasteiger partial charge in [0.25, 0.3) is 0 Å². The van der Waals surface area contributed by atoms with Gasteiger partial charge in [0.2, 0.25) is 0 Å². The van der Waals surface area contributed by atoms with E-state index in [2.05, 4.69) is 4.90 Å². The first kappa shape index (κ1) is 24.8. The highest BCUT2D eigenvalue weighted by atomic mass is 16.6. The average molecular weight is 462 g/mol. The number of benzene rings is 3. The van der Waals surface area contributed by atoms with E-state index in [0.717, 1.165) is 22.7 Å². The molecule has 6 heteroatoms. The van der Waals surface area contributed by atoms with Gasteiger partial charge >= 0.3 is 11.9 Å². The molecule has 34 heavy (non-hydrogen) atoms. The van der Waals surface area contributed by atoms with Crippen LogP contribution in [0.2, 0.25) is 0 Å². The molecule has 0 aliphatic carbocycles. The average Bonchev–Trinajstić information content (AvgIpc) is 2.88. The van der Waals surface area contributed by atoms with Crippen molar-refractivity contribution >= 4 is 23.3 Å². The molecule has 0 saturated carbocycles. The Balaban J connectivity index is 2.10. The zero-order valence-corrected chi connectivity index (χ0v) is 19.8. The van der Waals surface area contributed by atoms with Crippen LogP contribution in [0.25, 0.3) is 0 Å². The second kappa shape index (κ2) is 12.4. The lowest BCUT2D eigenvalue weighted by atomic mass is 9.85. The number of esters is 2. The molecule has 3 aromatic rings. The normalized spacial score (nSPS) is 11.5. The number of nitrogens with zero attached hydrogens (tertiary/aromatic N) is 1. The Labute approximate surface area is 201 Å². The molecule has 0 bridgehead atoms. The molecule has 0 fully saturated rings. The summed E-state index contributed by atoms with van der Waals surface area (Å²) >= 11 is 0. The van der Waals surface area contributed by atoms with E-state index in [9.17, 15) is 9.59 Å². The van der Waals surface area contributed by atoms with Crippen LogP contribution in [0.3, 0.4) is 0 Å². The van der Waals surface area contributed by atoms with Crippen LogP contribution in [0.1, 0.15) is 25.3 Å². The zero-order chi connectivity index (χ0) is 24.3. The van der Waals surface area contributed by atoms with Gasteiger partial charge in [0.15, 0.2) is 5.92 Å². The second-order valence-corrected chi connectivity index (χ2v) is 7.64. The smallest absolute Gasteiger partial charge is 0.321 e. The van der Waals surface area contributed by atoms with Crippen LogP contribution in [-0.4, -0.2) is 38.8 Å². The fraction of sp³-hybridized carbons (Fsp3) is 0.286. The lowest BCUT2D eigenvalue weighted by Gasteiger charge is -2.32. The Morgan fingerprint density at radius 3 is 1.74 bits per heavy atom. The SMILES string of the molecule is CCOC(=O)C(C(=O)OCC)C(CN(c1ccccc1)c1ccc(OC)cc1)c1ccccc1. The number of methoxy groups -OCH3 is 1. The first-order valence-corrected chi connectivity index (χ1v) is 11.4. The van der Waals surface area contributed by atoms with E-state index in [-0.39, 0.29) is 13.2 Å². The quantitative estimate of drug-likeness (QED) is 0.283. The molecule has 3 rings (SSSR count). The van der Waals surface area contributed by atoms with E-state index in [1.54, 1.807) is 21.0 Å². The van der Waals surface area contributed by atoms with Crippen LogP contribution < -0.4 is 9.64 Å². The van der Waals surface area contributed by atoms with Gasteiger partial charge in [-0.1, -0.05) is 48.5 Å². The van der Waals surface area contributed by atoms with Crippen LogP contribution in [0.4, 0.5) is 11.4 Å². The van der Waals surface area contributed by atoms with Gasteiger partial charge < -0.3 is 19.1 Å². The van der Waals surface area contributed by atoms with Crippen molar-refractivity contribution in [1.29, 1.82) is 0 Å². The first-order valence-electron chi connectivity index (χ1n) is 11.4. The summed E-state index contributed by atoms with van der Waals surface area (Å²) < 4.78 is 16.0. The van der Waals surface area contributed by atoms with Crippen molar-refractivity contribution in [2.24, 2.45) is 5.92 Å². The van der Waals surface area contributed by atoms with Gasteiger partial charge in [0.1, 0.15) is 5.75 Å². The van der Waals surface area contributed by atoms with Gasteiger partial charge in [-0.05, 0) is 55.8 Å². The maximum absolute atomic E-state index is 13.1. The third-order valence-electron chi connectivity index (χ3n) is 5.54. The van der Waals surface area contributed by atoms with Gasteiger partial charge in [-0.2, -0.15) is 0 Å². The molecule has 0 N–H and O–H groups in total. The van der Waals surface area contributed by atoms with Gasteiger partial charge in [-0.15, -0.1) is 0 Å². The summed E-state index contributed by atoms with van der Waals surface area (Å²) in [6, 6.07) is 27.1. The van der Waals surface area contributed by atoms with Crippen LogP contribution >= 0.6 is 0 Å². The van der Waals surface area contributed by atoms with E-state index < -0.39 is 23.8 Å². The molecule has 178 valence electrons. The molecule has 0 aromatic heterocycles. The molecule has 0 amide bonds. The van der Waals surface area contributed by atoms with Crippen LogP contribution in [0.5, 0.6) is 5.75 Å². The van der Waals surface area contributed by atoms with Crippen LogP contribution in [0.15, 0.2) is 84.9 Å². The zero-order valence-electron chi connectivity index (χ0n) is 19.8. The Bertz CT molecular complexity index is 1020. The maximum Gasteiger partial charge on any atom is 0.321 e.